The standard InChI is InChI=1S/C25H35N3O2/c1-26-11-10-25(19-26)30-20-22-4-8-24(9-5-22)23-6-2-21(3-7-23)18-28-14-12-27(13-15-28)16-17-29/h2-9,25,29H,10-20H2,1H3. The first-order valence-corrected chi connectivity index (χ1v) is 11.2. The van der Waals surface area contributed by atoms with E-state index in [-0.39, 0.29) is 6.61 Å². The van der Waals surface area contributed by atoms with Crippen molar-refractivity contribution in [1.29, 1.82) is 0 Å². The molecule has 4 rings (SSSR count). The molecule has 0 aromatic heterocycles. The predicted molar refractivity (Wildman–Crippen MR) is 121 cm³/mol. The zero-order valence-corrected chi connectivity index (χ0v) is 18.2. The Morgan fingerprint density at radius 3 is 2.00 bits per heavy atom. The molecule has 162 valence electrons. The number of benzene rings is 2. The van der Waals surface area contributed by atoms with Gasteiger partial charge in [-0.2, -0.15) is 0 Å². The number of aliphatic hydroxyl groups excluding tert-OH is 1. The maximum absolute atomic E-state index is 9.07. The van der Waals surface area contributed by atoms with E-state index in [2.05, 4.69) is 70.3 Å². The van der Waals surface area contributed by atoms with Crippen LogP contribution in [0.1, 0.15) is 17.5 Å². The number of aliphatic hydroxyl groups is 1. The van der Waals surface area contributed by atoms with Crippen LogP contribution in [0.15, 0.2) is 48.5 Å². The molecule has 2 aromatic rings. The number of likely N-dealkylation sites (N-methyl/N-ethyl adjacent to an activating group) is 1. The van der Waals surface area contributed by atoms with Gasteiger partial charge in [0.2, 0.25) is 0 Å². The molecule has 0 radical (unpaired) electrons. The summed E-state index contributed by atoms with van der Waals surface area (Å²) in [5.41, 5.74) is 5.12. The lowest BCUT2D eigenvalue weighted by Crippen LogP contribution is -2.46. The van der Waals surface area contributed by atoms with E-state index in [0.29, 0.717) is 12.7 Å². The summed E-state index contributed by atoms with van der Waals surface area (Å²) in [6, 6.07) is 17.8. The number of β-amino-alcohol motifs (C(OH)–C–C–N with tert-alkyl or cyclic N) is 1. The lowest BCUT2D eigenvalue weighted by atomic mass is 10.0. The molecule has 0 spiro atoms. The Labute approximate surface area is 180 Å². The molecule has 2 fully saturated rings. The summed E-state index contributed by atoms with van der Waals surface area (Å²) in [5.74, 6) is 0. The van der Waals surface area contributed by atoms with Crippen molar-refractivity contribution in [2.45, 2.75) is 25.7 Å². The molecule has 0 aliphatic carbocycles. The summed E-state index contributed by atoms with van der Waals surface area (Å²) in [5, 5.41) is 9.07. The van der Waals surface area contributed by atoms with Crippen molar-refractivity contribution in [2.75, 3.05) is 59.5 Å². The van der Waals surface area contributed by atoms with Gasteiger partial charge in [-0.05, 0) is 35.7 Å². The van der Waals surface area contributed by atoms with Gasteiger partial charge >= 0.3 is 0 Å². The minimum Gasteiger partial charge on any atom is -0.395 e. The fourth-order valence-electron chi connectivity index (χ4n) is 4.41. The van der Waals surface area contributed by atoms with Gasteiger partial charge in [0.1, 0.15) is 0 Å². The van der Waals surface area contributed by atoms with E-state index in [0.717, 1.165) is 58.8 Å². The summed E-state index contributed by atoms with van der Waals surface area (Å²) in [6.07, 6.45) is 1.51. The van der Waals surface area contributed by atoms with Crippen LogP contribution in [-0.2, 0) is 17.9 Å². The van der Waals surface area contributed by atoms with Gasteiger partial charge in [0.15, 0.2) is 0 Å². The third-order valence-corrected chi connectivity index (χ3v) is 6.36. The Morgan fingerprint density at radius 2 is 1.43 bits per heavy atom. The normalized spacial score (nSPS) is 21.3. The number of nitrogens with zero attached hydrogens (tertiary/aromatic N) is 3. The van der Waals surface area contributed by atoms with Crippen molar-refractivity contribution < 1.29 is 9.84 Å². The van der Waals surface area contributed by atoms with Crippen LogP contribution >= 0.6 is 0 Å². The Morgan fingerprint density at radius 1 is 0.833 bits per heavy atom. The van der Waals surface area contributed by atoms with Gasteiger partial charge in [0.05, 0.1) is 19.3 Å². The van der Waals surface area contributed by atoms with Gasteiger partial charge in [-0.25, -0.2) is 0 Å². The molecular formula is C25H35N3O2. The number of likely N-dealkylation sites (tertiary alicyclic amines) is 1. The number of hydrogen-bond donors (Lipinski definition) is 1. The molecule has 2 aromatic carbocycles. The first-order valence-electron chi connectivity index (χ1n) is 11.2. The van der Waals surface area contributed by atoms with Crippen molar-refractivity contribution in [3.8, 4) is 11.1 Å². The van der Waals surface area contributed by atoms with Crippen molar-refractivity contribution in [1.82, 2.24) is 14.7 Å². The van der Waals surface area contributed by atoms with E-state index in [1.54, 1.807) is 0 Å². The minimum absolute atomic E-state index is 0.258. The predicted octanol–water partition coefficient (Wildman–Crippen LogP) is 2.68. The van der Waals surface area contributed by atoms with Crippen molar-refractivity contribution in [3.63, 3.8) is 0 Å². The molecule has 5 nitrogen and oxygen atoms in total. The van der Waals surface area contributed by atoms with Crippen molar-refractivity contribution in [3.05, 3.63) is 59.7 Å². The first kappa shape index (κ1) is 21.5. The van der Waals surface area contributed by atoms with E-state index in [4.69, 9.17) is 9.84 Å². The van der Waals surface area contributed by atoms with E-state index in [9.17, 15) is 0 Å². The molecular weight excluding hydrogens is 374 g/mol. The van der Waals surface area contributed by atoms with Gasteiger partial charge in [-0.3, -0.25) is 9.80 Å². The molecule has 2 heterocycles. The molecule has 0 saturated carbocycles. The SMILES string of the molecule is CN1CCC(OCc2ccc(-c3ccc(CN4CCN(CCO)CC4)cc3)cc2)C1. The van der Waals surface area contributed by atoms with Crippen molar-refractivity contribution in [2.24, 2.45) is 0 Å². The fourth-order valence-corrected chi connectivity index (χ4v) is 4.41. The lowest BCUT2D eigenvalue weighted by molar-refractivity contribution is 0.0483. The number of ether oxygens (including phenoxy) is 1. The van der Waals surface area contributed by atoms with E-state index < -0.39 is 0 Å². The fraction of sp³-hybridized carbons (Fsp3) is 0.520. The monoisotopic (exact) mass is 409 g/mol. The molecule has 5 heteroatoms. The molecule has 1 atom stereocenters. The highest BCUT2D eigenvalue weighted by atomic mass is 16.5. The Hall–Kier alpha value is -1.76. The van der Waals surface area contributed by atoms with E-state index >= 15 is 0 Å². The van der Waals surface area contributed by atoms with E-state index in [1.165, 1.54) is 22.3 Å². The molecule has 0 amide bonds. The van der Waals surface area contributed by atoms with Crippen LogP contribution < -0.4 is 0 Å². The highest BCUT2D eigenvalue weighted by molar-refractivity contribution is 5.63. The Balaban J connectivity index is 1.26. The first-order chi connectivity index (χ1) is 14.7. The summed E-state index contributed by atoms with van der Waals surface area (Å²) >= 11 is 0. The van der Waals surface area contributed by atoms with Crippen LogP contribution in [0.25, 0.3) is 11.1 Å². The highest BCUT2D eigenvalue weighted by Crippen LogP contribution is 2.22. The van der Waals surface area contributed by atoms with Crippen LogP contribution in [0.5, 0.6) is 0 Å². The largest absolute Gasteiger partial charge is 0.395 e. The van der Waals surface area contributed by atoms with Crippen LogP contribution in [0.4, 0.5) is 0 Å². The lowest BCUT2D eigenvalue weighted by Gasteiger charge is -2.34. The zero-order valence-electron chi connectivity index (χ0n) is 18.2. The number of piperazine rings is 1. The molecule has 1 unspecified atom stereocenters. The van der Waals surface area contributed by atoms with Gasteiger partial charge in [0.25, 0.3) is 0 Å². The average molecular weight is 410 g/mol. The Kier molecular flexibility index (Phi) is 7.52. The molecule has 30 heavy (non-hydrogen) atoms. The third kappa shape index (κ3) is 5.90. The van der Waals surface area contributed by atoms with Gasteiger partial charge in [0, 0.05) is 52.4 Å². The zero-order chi connectivity index (χ0) is 20.8. The maximum Gasteiger partial charge on any atom is 0.0721 e. The molecule has 1 N–H and O–H groups in total. The number of hydrogen-bond acceptors (Lipinski definition) is 5. The van der Waals surface area contributed by atoms with Gasteiger partial charge in [-0.1, -0.05) is 48.5 Å². The topological polar surface area (TPSA) is 39.2 Å². The van der Waals surface area contributed by atoms with Crippen molar-refractivity contribution >= 4 is 0 Å². The van der Waals surface area contributed by atoms with Gasteiger partial charge < -0.3 is 14.7 Å². The van der Waals surface area contributed by atoms with Crippen LogP contribution in [-0.4, -0.2) is 85.4 Å². The second-order valence-electron chi connectivity index (χ2n) is 8.72. The summed E-state index contributed by atoms with van der Waals surface area (Å²) in [7, 11) is 2.16. The van der Waals surface area contributed by atoms with Crippen LogP contribution in [0.3, 0.4) is 0 Å². The molecule has 2 aliphatic rings. The second-order valence-corrected chi connectivity index (χ2v) is 8.72. The second kappa shape index (κ2) is 10.5. The van der Waals surface area contributed by atoms with Crippen LogP contribution in [0.2, 0.25) is 0 Å². The molecule has 2 aliphatic heterocycles. The summed E-state index contributed by atoms with van der Waals surface area (Å²) < 4.78 is 6.05. The van der Waals surface area contributed by atoms with Crippen LogP contribution in [0, 0.1) is 0 Å². The minimum atomic E-state index is 0.258. The maximum atomic E-state index is 9.07. The third-order valence-electron chi connectivity index (χ3n) is 6.36. The summed E-state index contributed by atoms with van der Waals surface area (Å²) in [6.45, 7) is 9.17. The Bertz CT molecular complexity index is 770. The summed E-state index contributed by atoms with van der Waals surface area (Å²) in [4.78, 5) is 7.16. The molecule has 2 saturated heterocycles. The van der Waals surface area contributed by atoms with Gasteiger partial charge in [-0.15, -0.1) is 0 Å². The average Bonchev–Trinajstić information content (AvgIpc) is 3.20. The quantitative estimate of drug-likeness (QED) is 0.726. The molecule has 0 bridgehead atoms. The smallest absolute Gasteiger partial charge is 0.0721 e. The highest BCUT2D eigenvalue weighted by Gasteiger charge is 2.19. The number of rotatable bonds is 8. The van der Waals surface area contributed by atoms with E-state index in [1.807, 2.05) is 0 Å².